The van der Waals surface area contributed by atoms with Crippen LogP contribution in [0.3, 0.4) is 0 Å². The molecule has 2 fully saturated rings. The zero-order valence-electron chi connectivity index (χ0n) is 12.0. The molecule has 2 aliphatic rings. The van der Waals surface area contributed by atoms with Crippen LogP contribution in [0.2, 0.25) is 0 Å². The van der Waals surface area contributed by atoms with E-state index in [0.717, 1.165) is 32.4 Å². The summed E-state index contributed by atoms with van der Waals surface area (Å²) < 4.78 is 5.67. The Morgan fingerprint density at radius 1 is 1.44 bits per heavy atom. The van der Waals surface area contributed by atoms with E-state index in [9.17, 15) is 5.11 Å². The van der Waals surface area contributed by atoms with Gasteiger partial charge in [0.2, 0.25) is 0 Å². The molecule has 0 bridgehead atoms. The van der Waals surface area contributed by atoms with Crippen molar-refractivity contribution in [3.8, 4) is 0 Å². The maximum absolute atomic E-state index is 9.66. The molecule has 4 heteroatoms. The van der Waals surface area contributed by atoms with Crippen molar-refractivity contribution < 1.29 is 9.84 Å². The maximum atomic E-state index is 9.66. The lowest BCUT2D eigenvalue weighted by molar-refractivity contribution is 0.0646. The minimum Gasteiger partial charge on any atom is -0.394 e. The molecule has 2 N–H and O–H groups in total. The fourth-order valence-corrected chi connectivity index (χ4v) is 3.71. The molecule has 0 amide bonds. The Kier molecular flexibility index (Phi) is 4.64. The summed E-state index contributed by atoms with van der Waals surface area (Å²) in [5, 5.41) is 13.1. The largest absolute Gasteiger partial charge is 0.394 e. The first-order valence-corrected chi connectivity index (χ1v) is 7.31. The van der Waals surface area contributed by atoms with Crippen molar-refractivity contribution in [3.05, 3.63) is 0 Å². The monoisotopic (exact) mass is 256 g/mol. The van der Waals surface area contributed by atoms with Crippen LogP contribution in [0.1, 0.15) is 39.5 Å². The minimum absolute atomic E-state index is 0.0453. The number of nitrogens with one attached hydrogen (secondary N) is 1. The molecule has 4 nitrogen and oxygen atoms in total. The molecule has 106 valence electrons. The van der Waals surface area contributed by atoms with E-state index < -0.39 is 0 Å². The van der Waals surface area contributed by atoms with E-state index >= 15 is 0 Å². The third-order valence-electron chi connectivity index (χ3n) is 4.87. The smallest absolute Gasteiger partial charge is 0.0703 e. The van der Waals surface area contributed by atoms with Crippen molar-refractivity contribution in [2.45, 2.75) is 63.3 Å². The molecule has 1 aliphatic heterocycles. The van der Waals surface area contributed by atoms with E-state index in [1.807, 2.05) is 0 Å². The van der Waals surface area contributed by atoms with Gasteiger partial charge in [-0.1, -0.05) is 6.92 Å². The van der Waals surface area contributed by atoms with E-state index in [-0.39, 0.29) is 12.1 Å². The van der Waals surface area contributed by atoms with E-state index in [1.54, 1.807) is 0 Å². The van der Waals surface area contributed by atoms with Crippen LogP contribution in [0.25, 0.3) is 0 Å². The molecular formula is C14H28N2O2. The maximum Gasteiger partial charge on any atom is 0.0703 e. The highest BCUT2D eigenvalue weighted by Gasteiger charge is 2.42. The van der Waals surface area contributed by atoms with Gasteiger partial charge in [0, 0.05) is 24.2 Å². The summed E-state index contributed by atoms with van der Waals surface area (Å²) in [5.41, 5.74) is -0.0453. The normalized spacial score (nSPS) is 40.8. The molecule has 0 spiro atoms. The van der Waals surface area contributed by atoms with Gasteiger partial charge in [0.15, 0.2) is 0 Å². The van der Waals surface area contributed by atoms with Gasteiger partial charge < -0.3 is 15.2 Å². The zero-order valence-corrected chi connectivity index (χ0v) is 12.0. The second-order valence-corrected chi connectivity index (χ2v) is 5.96. The van der Waals surface area contributed by atoms with Gasteiger partial charge in [-0.2, -0.15) is 0 Å². The van der Waals surface area contributed by atoms with Crippen molar-refractivity contribution in [1.82, 2.24) is 10.2 Å². The highest BCUT2D eigenvalue weighted by atomic mass is 16.5. The van der Waals surface area contributed by atoms with Crippen LogP contribution in [0, 0.1) is 0 Å². The highest BCUT2D eigenvalue weighted by molar-refractivity contribution is 5.00. The molecule has 2 rings (SSSR count). The molecule has 1 heterocycles. The van der Waals surface area contributed by atoms with Gasteiger partial charge in [0.1, 0.15) is 0 Å². The fraction of sp³-hybridized carbons (Fsp3) is 1.00. The van der Waals surface area contributed by atoms with Crippen LogP contribution in [0.5, 0.6) is 0 Å². The Labute approximate surface area is 111 Å². The Balaban J connectivity index is 1.95. The second-order valence-electron chi connectivity index (χ2n) is 5.96. The van der Waals surface area contributed by atoms with E-state index in [0.29, 0.717) is 18.2 Å². The first kappa shape index (κ1) is 14.3. The number of aliphatic hydroxyl groups is 1. The molecule has 1 saturated heterocycles. The number of aliphatic hydroxyl groups excluding tert-OH is 1. The quantitative estimate of drug-likeness (QED) is 0.770. The molecule has 1 saturated carbocycles. The van der Waals surface area contributed by atoms with Crippen molar-refractivity contribution in [2.24, 2.45) is 0 Å². The van der Waals surface area contributed by atoms with Gasteiger partial charge >= 0.3 is 0 Å². The van der Waals surface area contributed by atoms with Gasteiger partial charge in [-0.15, -0.1) is 0 Å². The lowest BCUT2D eigenvalue weighted by Gasteiger charge is -2.34. The summed E-state index contributed by atoms with van der Waals surface area (Å²) in [6.07, 6.45) is 4.79. The first-order valence-electron chi connectivity index (χ1n) is 7.31. The van der Waals surface area contributed by atoms with Crippen LogP contribution in [-0.4, -0.2) is 60.5 Å². The second kappa shape index (κ2) is 5.87. The lowest BCUT2D eigenvalue weighted by atomic mass is 9.98. The summed E-state index contributed by atoms with van der Waals surface area (Å²) in [5.74, 6) is 0. The van der Waals surface area contributed by atoms with Crippen molar-refractivity contribution in [3.63, 3.8) is 0 Å². The molecule has 1 aliphatic carbocycles. The van der Waals surface area contributed by atoms with E-state index in [4.69, 9.17) is 4.74 Å². The Morgan fingerprint density at radius 3 is 2.78 bits per heavy atom. The number of likely N-dealkylation sites (N-methyl/N-ethyl adjacent to an activating group) is 2. The van der Waals surface area contributed by atoms with E-state index in [2.05, 4.69) is 31.1 Å². The van der Waals surface area contributed by atoms with Gasteiger partial charge in [0.25, 0.3) is 0 Å². The first-order chi connectivity index (χ1) is 8.62. The summed E-state index contributed by atoms with van der Waals surface area (Å²) in [6.45, 7) is 6.36. The molecule has 0 aromatic heterocycles. The van der Waals surface area contributed by atoms with Crippen LogP contribution >= 0.6 is 0 Å². The summed E-state index contributed by atoms with van der Waals surface area (Å²) in [6, 6.07) is 1.12. The lowest BCUT2D eigenvalue weighted by Crippen LogP contribution is -2.49. The average Bonchev–Trinajstić information content (AvgIpc) is 2.96. The summed E-state index contributed by atoms with van der Waals surface area (Å²) >= 11 is 0. The summed E-state index contributed by atoms with van der Waals surface area (Å²) in [7, 11) is 2.22. The Bertz CT molecular complexity index is 275. The van der Waals surface area contributed by atoms with Crippen LogP contribution in [-0.2, 0) is 4.74 Å². The number of rotatable bonds is 5. The Morgan fingerprint density at radius 2 is 2.22 bits per heavy atom. The topological polar surface area (TPSA) is 44.7 Å². The summed E-state index contributed by atoms with van der Waals surface area (Å²) in [4.78, 5) is 2.49. The van der Waals surface area contributed by atoms with Gasteiger partial charge in [-0.05, 0) is 46.2 Å². The molecule has 0 aromatic carbocycles. The number of hydrogen-bond donors (Lipinski definition) is 2. The van der Waals surface area contributed by atoms with Crippen molar-refractivity contribution in [1.29, 1.82) is 0 Å². The molecule has 0 radical (unpaired) electrons. The third kappa shape index (κ3) is 2.72. The molecule has 0 aromatic rings. The Hall–Kier alpha value is -0.160. The van der Waals surface area contributed by atoms with Gasteiger partial charge in [0.05, 0.1) is 12.7 Å². The van der Waals surface area contributed by atoms with Crippen LogP contribution < -0.4 is 5.32 Å². The molecule has 18 heavy (non-hydrogen) atoms. The minimum atomic E-state index is -0.0453. The highest BCUT2D eigenvalue weighted by Crippen LogP contribution is 2.34. The predicted octanol–water partition coefficient (Wildman–Crippen LogP) is 0.989. The van der Waals surface area contributed by atoms with E-state index in [1.165, 1.54) is 6.42 Å². The van der Waals surface area contributed by atoms with Crippen molar-refractivity contribution in [2.75, 3.05) is 26.8 Å². The predicted molar refractivity (Wildman–Crippen MR) is 72.7 cm³/mol. The van der Waals surface area contributed by atoms with Crippen LogP contribution in [0.15, 0.2) is 0 Å². The SMILES string of the molecule is CCNC1(CO)CCC(N(C)C2CCOC2C)C1. The molecule has 4 atom stereocenters. The molecular weight excluding hydrogens is 228 g/mol. The van der Waals surface area contributed by atoms with Gasteiger partial charge in [-0.3, -0.25) is 4.90 Å². The van der Waals surface area contributed by atoms with Gasteiger partial charge in [-0.25, -0.2) is 0 Å². The zero-order chi connectivity index (χ0) is 13.2. The standard InChI is InChI=1S/C14H28N2O2/c1-4-15-14(10-17)7-5-12(9-14)16(3)13-6-8-18-11(13)2/h11-13,15,17H,4-10H2,1-3H3. The fourth-order valence-electron chi connectivity index (χ4n) is 3.71. The number of hydrogen-bond acceptors (Lipinski definition) is 4. The average molecular weight is 256 g/mol. The number of ether oxygens (including phenoxy) is 1. The van der Waals surface area contributed by atoms with Crippen LogP contribution in [0.4, 0.5) is 0 Å². The molecule has 4 unspecified atom stereocenters. The van der Waals surface area contributed by atoms with Crippen molar-refractivity contribution >= 4 is 0 Å². The number of nitrogens with zero attached hydrogens (tertiary/aromatic N) is 1. The third-order valence-corrected chi connectivity index (χ3v) is 4.87.